The van der Waals surface area contributed by atoms with E-state index < -0.39 is 0 Å². The minimum atomic E-state index is 0.534. The summed E-state index contributed by atoms with van der Waals surface area (Å²) in [5.74, 6) is 3.03. The van der Waals surface area contributed by atoms with Crippen LogP contribution in [0.4, 0.5) is 0 Å². The fourth-order valence-corrected chi connectivity index (χ4v) is 5.51. The Bertz CT molecular complexity index is 272. The molecule has 1 atom stereocenters. The van der Waals surface area contributed by atoms with Crippen molar-refractivity contribution in [2.45, 2.75) is 122 Å². The monoisotopic (exact) mass is 336 g/mol. The number of hydrogen-bond acceptors (Lipinski definition) is 1. The summed E-state index contributed by atoms with van der Waals surface area (Å²) >= 11 is 0. The van der Waals surface area contributed by atoms with Gasteiger partial charge in [0, 0.05) is 7.11 Å². The van der Waals surface area contributed by atoms with Gasteiger partial charge in [-0.3, -0.25) is 0 Å². The zero-order valence-electron chi connectivity index (χ0n) is 16.7. The van der Waals surface area contributed by atoms with Gasteiger partial charge in [0.25, 0.3) is 0 Å². The summed E-state index contributed by atoms with van der Waals surface area (Å²) < 4.78 is 5.95. The zero-order chi connectivity index (χ0) is 17.0. The van der Waals surface area contributed by atoms with Gasteiger partial charge in [0.1, 0.15) is 0 Å². The van der Waals surface area contributed by atoms with E-state index in [1.165, 1.54) is 109 Å². The van der Waals surface area contributed by atoms with E-state index in [9.17, 15) is 0 Å². The highest BCUT2D eigenvalue weighted by Gasteiger charge is 2.34. The van der Waals surface area contributed by atoms with Crippen molar-refractivity contribution in [1.29, 1.82) is 0 Å². The van der Waals surface area contributed by atoms with Crippen LogP contribution in [0.2, 0.25) is 0 Å². The highest BCUT2D eigenvalue weighted by molar-refractivity contribution is 4.85. The van der Waals surface area contributed by atoms with Gasteiger partial charge in [-0.1, -0.05) is 103 Å². The third kappa shape index (κ3) is 7.06. The molecule has 2 rings (SSSR count). The Morgan fingerprint density at radius 2 is 1.25 bits per heavy atom. The van der Waals surface area contributed by atoms with Crippen molar-refractivity contribution in [3.63, 3.8) is 0 Å². The molecule has 0 bridgehead atoms. The predicted octanol–water partition coefficient (Wildman–Crippen LogP) is 7.53. The van der Waals surface area contributed by atoms with Crippen LogP contribution in [0.25, 0.3) is 0 Å². The van der Waals surface area contributed by atoms with Crippen molar-refractivity contribution < 1.29 is 4.74 Å². The maximum absolute atomic E-state index is 5.95. The number of ether oxygens (including phenoxy) is 1. The van der Waals surface area contributed by atoms with Crippen molar-refractivity contribution in [3.05, 3.63) is 0 Å². The molecule has 1 nitrogen and oxygen atoms in total. The van der Waals surface area contributed by atoms with E-state index in [2.05, 4.69) is 6.92 Å². The minimum Gasteiger partial charge on any atom is -0.381 e. The molecule has 0 saturated heterocycles. The van der Waals surface area contributed by atoms with Crippen LogP contribution in [0, 0.1) is 17.8 Å². The number of rotatable bonds is 13. The first-order valence-electron chi connectivity index (χ1n) is 11.4. The second-order valence-corrected chi connectivity index (χ2v) is 8.76. The van der Waals surface area contributed by atoms with Crippen LogP contribution < -0.4 is 0 Å². The van der Waals surface area contributed by atoms with Crippen molar-refractivity contribution in [2.75, 3.05) is 7.11 Å². The van der Waals surface area contributed by atoms with E-state index in [1.807, 2.05) is 7.11 Å². The van der Waals surface area contributed by atoms with Gasteiger partial charge in [0.05, 0.1) is 6.10 Å². The van der Waals surface area contributed by atoms with Gasteiger partial charge in [-0.05, 0) is 30.6 Å². The fourth-order valence-electron chi connectivity index (χ4n) is 5.51. The highest BCUT2D eigenvalue weighted by Crippen LogP contribution is 2.44. The Hall–Kier alpha value is -0.0400. The third-order valence-corrected chi connectivity index (χ3v) is 7.01. The second kappa shape index (κ2) is 12.3. The number of hydrogen-bond donors (Lipinski definition) is 0. The summed E-state index contributed by atoms with van der Waals surface area (Å²) in [5, 5.41) is 0. The average Bonchev–Trinajstić information content (AvgIpc) is 3.30. The van der Waals surface area contributed by atoms with Crippen molar-refractivity contribution in [3.8, 4) is 0 Å². The maximum atomic E-state index is 5.95. The predicted molar refractivity (Wildman–Crippen MR) is 105 cm³/mol. The van der Waals surface area contributed by atoms with Crippen LogP contribution in [-0.4, -0.2) is 13.2 Å². The summed E-state index contributed by atoms with van der Waals surface area (Å²) in [7, 11) is 1.96. The minimum absolute atomic E-state index is 0.534. The normalized spacial score (nSPS) is 21.1. The summed E-state index contributed by atoms with van der Waals surface area (Å²) in [6, 6.07) is 0. The lowest BCUT2D eigenvalue weighted by molar-refractivity contribution is 0.0470. The van der Waals surface area contributed by atoms with Gasteiger partial charge >= 0.3 is 0 Å². The molecule has 24 heavy (non-hydrogen) atoms. The zero-order valence-corrected chi connectivity index (χ0v) is 16.7. The lowest BCUT2D eigenvalue weighted by atomic mass is 9.76. The Kier molecular flexibility index (Phi) is 10.4. The van der Waals surface area contributed by atoms with Gasteiger partial charge < -0.3 is 4.74 Å². The van der Waals surface area contributed by atoms with Crippen molar-refractivity contribution in [2.24, 2.45) is 17.8 Å². The first-order valence-corrected chi connectivity index (χ1v) is 11.4. The first kappa shape index (κ1) is 20.3. The molecule has 0 aliphatic heterocycles. The van der Waals surface area contributed by atoms with Crippen LogP contribution in [0.3, 0.4) is 0 Å². The standard InChI is InChI=1S/C23H44O/c1-3-4-5-6-7-8-9-18-22(24-2)19-23(20-14-10-11-15-20)21-16-12-13-17-21/h20-23H,3-19H2,1-2H3. The summed E-state index contributed by atoms with van der Waals surface area (Å²) in [6.45, 7) is 2.30. The van der Waals surface area contributed by atoms with Gasteiger partial charge in [0.15, 0.2) is 0 Å². The molecule has 2 fully saturated rings. The molecule has 2 aliphatic rings. The first-order chi connectivity index (χ1) is 11.8. The van der Waals surface area contributed by atoms with E-state index in [0.717, 1.165) is 17.8 Å². The molecule has 0 amide bonds. The quantitative estimate of drug-likeness (QED) is 0.316. The number of methoxy groups -OCH3 is 1. The number of unbranched alkanes of at least 4 members (excludes halogenated alkanes) is 6. The molecule has 142 valence electrons. The molecular formula is C23H44O. The Morgan fingerprint density at radius 3 is 1.75 bits per heavy atom. The molecule has 0 aromatic heterocycles. The summed E-state index contributed by atoms with van der Waals surface area (Å²) in [6.07, 6.45) is 25.1. The summed E-state index contributed by atoms with van der Waals surface area (Å²) in [4.78, 5) is 0. The Labute approximate surface area is 152 Å². The molecule has 1 heteroatoms. The maximum Gasteiger partial charge on any atom is 0.0574 e. The topological polar surface area (TPSA) is 9.23 Å². The van der Waals surface area contributed by atoms with E-state index in [4.69, 9.17) is 4.74 Å². The van der Waals surface area contributed by atoms with Gasteiger partial charge in [-0.2, -0.15) is 0 Å². The molecule has 0 spiro atoms. The largest absolute Gasteiger partial charge is 0.381 e. The Morgan fingerprint density at radius 1 is 0.750 bits per heavy atom. The van der Waals surface area contributed by atoms with E-state index >= 15 is 0 Å². The molecule has 1 unspecified atom stereocenters. The average molecular weight is 337 g/mol. The van der Waals surface area contributed by atoms with Crippen molar-refractivity contribution in [1.82, 2.24) is 0 Å². The highest BCUT2D eigenvalue weighted by atomic mass is 16.5. The molecular weight excluding hydrogens is 292 g/mol. The van der Waals surface area contributed by atoms with Gasteiger partial charge in [-0.15, -0.1) is 0 Å². The van der Waals surface area contributed by atoms with Crippen LogP contribution in [0.1, 0.15) is 116 Å². The molecule has 0 N–H and O–H groups in total. The Balaban J connectivity index is 1.69. The van der Waals surface area contributed by atoms with Crippen molar-refractivity contribution >= 4 is 0 Å². The van der Waals surface area contributed by atoms with E-state index in [1.54, 1.807) is 0 Å². The molecule has 2 aliphatic carbocycles. The lowest BCUT2D eigenvalue weighted by Gasteiger charge is -2.32. The second-order valence-electron chi connectivity index (χ2n) is 8.76. The molecule has 0 heterocycles. The third-order valence-electron chi connectivity index (χ3n) is 7.01. The smallest absolute Gasteiger partial charge is 0.0574 e. The van der Waals surface area contributed by atoms with Crippen LogP contribution >= 0.6 is 0 Å². The van der Waals surface area contributed by atoms with Crippen LogP contribution in [0.5, 0.6) is 0 Å². The lowest BCUT2D eigenvalue weighted by Crippen LogP contribution is -2.26. The molecule has 0 aromatic carbocycles. The molecule has 2 saturated carbocycles. The van der Waals surface area contributed by atoms with Crippen LogP contribution in [-0.2, 0) is 4.74 Å². The summed E-state index contributed by atoms with van der Waals surface area (Å²) in [5.41, 5.74) is 0. The molecule has 0 aromatic rings. The van der Waals surface area contributed by atoms with E-state index in [0.29, 0.717) is 6.10 Å². The fraction of sp³-hybridized carbons (Fsp3) is 1.00. The van der Waals surface area contributed by atoms with Gasteiger partial charge in [0.2, 0.25) is 0 Å². The van der Waals surface area contributed by atoms with E-state index in [-0.39, 0.29) is 0 Å². The molecule has 0 radical (unpaired) electrons. The van der Waals surface area contributed by atoms with Gasteiger partial charge in [-0.25, -0.2) is 0 Å². The van der Waals surface area contributed by atoms with Crippen LogP contribution in [0.15, 0.2) is 0 Å². The SMILES string of the molecule is CCCCCCCCCC(CC(C1CCCC1)C1CCCC1)OC.